The number of carbonyl (C=O) groups excluding carboxylic acids is 1. The Hall–Kier alpha value is -1.36. The van der Waals surface area contributed by atoms with Crippen LogP contribution in [-0.4, -0.2) is 21.2 Å². The summed E-state index contributed by atoms with van der Waals surface area (Å²) < 4.78 is 1.74. The molecule has 3 N–H and O–H groups in total. The molecular weight excluding hydrogens is 216 g/mol. The summed E-state index contributed by atoms with van der Waals surface area (Å²) in [7, 11) is 1.85. The monoisotopic (exact) mass is 236 g/mol. The number of aromatic nitrogens is 2. The van der Waals surface area contributed by atoms with Gasteiger partial charge >= 0.3 is 0 Å². The number of anilines is 1. The Labute approximate surface area is 101 Å². The van der Waals surface area contributed by atoms with Gasteiger partial charge in [-0.05, 0) is 19.8 Å². The summed E-state index contributed by atoms with van der Waals surface area (Å²) in [5.74, 6) is 0.573. The maximum atomic E-state index is 11.9. The predicted octanol–water partition coefficient (Wildman–Crippen LogP) is 1.33. The fourth-order valence-electron chi connectivity index (χ4n) is 2.38. The van der Waals surface area contributed by atoms with Crippen LogP contribution in [0.4, 0.5) is 5.82 Å². The normalized spacial score (nSPS) is 18.3. The van der Waals surface area contributed by atoms with Crippen molar-refractivity contribution in [2.45, 2.75) is 44.6 Å². The van der Waals surface area contributed by atoms with E-state index in [-0.39, 0.29) is 11.4 Å². The van der Waals surface area contributed by atoms with Crippen molar-refractivity contribution < 1.29 is 4.79 Å². The summed E-state index contributed by atoms with van der Waals surface area (Å²) in [4.78, 5) is 11.9. The minimum Gasteiger partial charge on any atom is -0.325 e. The third kappa shape index (κ3) is 2.85. The lowest BCUT2D eigenvalue weighted by molar-refractivity contribution is -0.117. The van der Waals surface area contributed by atoms with E-state index in [2.05, 4.69) is 10.4 Å². The zero-order valence-corrected chi connectivity index (χ0v) is 10.5. The second kappa shape index (κ2) is 4.49. The smallest absolute Gasteiger partial charge is 0.227 e. The molecular formula is C12H20N4O. The molecule has 0 aliphatic heterocycles. The van der Waals surface area contributed by atoms with Gasteiger partial charge in [0.15, 0.2) is 5.82 Å². The van der Waals surface area contributed by atoms with E-state index in [1.165, 1.54) is 0 Å². The highest BCUT2D eigenvalue weighted by molar-refractivity contribution is 5.90. The van der Waals surface area contributed by atoms with Gasteiger partial charge in [0.2, 0.25) is 5.91 Å². The van der Waals surface area contributed by atoms with E-state index in [9.17, 15) is 4.79 Å². The number of nitrogens with zero attached hydrogens (tertiary/aromatic N) is 2. The number of hydrogen-bond acceptors (Lipinski definition) is 3. The van der Waals surface area contributed by atoms with Crippen LogP contribution in [-0.2, 0) is 11.8 Å². The van der Waals surface area contributed by atoms with Gasteiger partial charge in [-0.2, -0.15) is 5.10 Å². The molecule has 5 nitrogen and oxygen atoms in total. The zero-order valence-electron chi connectivity index (χ0n) is 10.5. The topological polar surface area (TPSA) is 72.9 Å². The third-order valence-electron chi connectivity index (χ3n) is 3.49. The summed E-state index contributed by atoms with van der Waals surface area (Å²) >= 11 is 0. The first-order valence-electron chi connectivity index (χ1n) is 6.08. The Morgan fingerprint density at radius 2 is 2.24 bits per heavy atom. The van der Waals surface area contributed by atoms with Crippen LogP contribution in [0.15, 0.2) is 6.07 Å². The van der Waals surface area contributed by atoms with Crippen molar-refractivity contribution in [3.8, 4) is 0 Å². The highest BCUT2D eigenvalue weighted by Crippen LogP contribution is 2.30. The molecule has 17 heavy (non-hydrogen) atoms. The van der Waals surface area contributed by atoms with Crippen LogP contribution in [0.3, 0.4) is 0 Å². The van der Waals surface area contributed by atoms with Gasteiger partial charge in [-0.25, -0.2) is 0 Å². The minimum atomic E-state index is -0.298. The predicted molar refractivity (Wildman–Crippen MR) is 66.6 cm³/mol. The highest BCUT2D eigenvalue weighted by atomic mass is 16.1. The van der Waals surface area contributed by atoms with Crippen LogP contribution in [0.2, 0.25) is 0 Å². The summed E-state index contributed by atoms with van der Waals surface area (Å²) in [6.07, 6.45) is 4.55. The van der Waals surface area contributed by atoms with Gasteiger partial charge in [-0.1, -0.05) is 12.8 Å². The summed E-state index contributed by atoms with van der Waals surface area (Å²) in [6, 6.07) is 1.86. The molecule has 0 radical (unpaired) electrons. The van der Waals surface area contributed by atoms with Gasteiger partial charge in [0.05, 0.1) is 0 Å². The first-order valence-corrected chi connectivity index (χ1v) is 6.08. The van der Waals surface area contributed by atoms with Crippen molar-refractivity contribution in [1.82, 2.24) is 9.78 Å². The van der Waals surface area contributed by atoms with E-state index in [0.717, 1.165) is 31.4 Å². The van der Waals surface area contributed by atoms with E-state index < -0.39 is 0 Å². The number of amides is 1. The van der Waals surface area contributed by atoms with Crippen molar-refractivity contribution in [1.29, 1.82) is 0 Å². The Kier molecular flexibility index (Phi) is 3.19. The highest BCUT2D eigenvalue weighted by Gasteiger charge is 2.31. The van der Waals surface area contributed by atoms with Crippen molar-refractivity contribution in [3.63, 3.8) is 0 Å². The molecule has 5 heteroatoms. The van der Waals surface area contributed by atoms with E-state index in [0.29, 0.717) is 12.2 Å². The third-order valence-corrected chi connectivity index (χ3v) is 3.49. The molecule has 94 valence electrons. The lowest BCUT2D eigenvalue weighted by atomic mass is 9.94. The molecule has 1 saturated carbocycles. The summed E-state index contributed by atoms with van der Waals surface area (Å²) in [5.41, 5.74) is 6.88. The molecule has 1 aliphatic rings. The molecule has 1 amide bonds. The molecule has 1 aromatic heterocycles. The minimum absolute atomic E-state index is 0.0347. The number of aryl methyl sites for hydroxylation is 2. The maximum absolute atomic E-state index is 11.9. The quantitative estimate of drug-likeness (QED) is 0.831. The molecule has 1 aromatic rings. The van der Waals surface area contributed by atoms with Crippen LogP contribution in [0.25, 0.3) is 0 Å². The fourth-order valence-corrected chi connectivity index (χ4v) is 2.38. The molecule has 0 bridgehead atoms. The van der Waals surface area contributed by atoms with Gasteiger partial charge in [0.25, 0.3) is 0 Å². The van der Waals surface area contributed by atoms with E-state index in [1.54, 1.807) is 4.68 Å². The molecule has 0 atom stereocenters. The van der Waals surface area contributed by atoms with Crippen molar-refractivity contribution in [2.24, 2.45) is 12.8 Å². The maximum Gasteiger partial charge on any atom is 0.227 e. The van der Waals surface area contributed by atoms with Crippen LogP contribution < -0.4 is 11.1 Å². The van der Waals surface area contributed by atoms with E-state index in [1.807, 2.05) is 20.0 Å². The van der Waals surface area contributed by atoms with Gasteiger partial charge < -0.3 is 11.1 Å². The van der Waals surface area contributed by atoms with E-state index >= 15 is 0 Å². The second-order valence-electron chi connectivity index (χ2n) is 5.09. The second-order valence-corrected chi connectivity index (χ2v) is 5.09. The van der Waals surface area contributed by atoms with Crippen molar-refractivity contribution in [3.05, 3.63) is 11.8 Å². The number of hydrogen-bond donors (Lipinski definition) is 2. The van der Waals surface area contributed by atoms with Gasteiger partial charge in [0, 0.05) is 30.8 Å². The number of nitrogens with two attached hydrogens (primary N) is 1. The molecule has 2 rings (SSSR count). The lowest BCUT2D eigenvalue weighted by Gasteiger charge is -2.22. The Bertz CT molecular complexity index is 399. The summed E-state index contributed by atoms with van der Waals surface area (Å²) in [6.45, 7) is 1.95. The zero-order chi connectivity index (χ0) is 12.5. The number of nitrogens with one attached hydrogen (secondary N) is 1. The molecule has 0 spiro atoms. The van der Waals surface area contributed by atoms with Crippen molar-refractivity contribution >= 4 is 11.7 Å². The van der Waals surface area contributed by atoms with Crippen molar-refractivity contribution in [2.75, 3.05) is 5.32 Å². The van der Waals surface area contributed by atoms with E-state index in [4.69, 9.17) is 5.73 Å². The average molecular weight is 236 g/mol. The Morgan fingerprint density at radius 3 is 2.76 bits per heavy atom. The average Bonchev–Trinajstić information content (AvgIpc) is 2.75. The van der Waals surface area contributed by atoms with Crippen LogP contribution in [0.5, 0.6) is 0 Å². The lowest BCUT2D eigenvalue weighted by Crippen LogP contribution is -2.40. The van der Waals surface area contributed by atoms with Gasteiger partial charge in [0.1, 0.15) is 0 Å². The first-order chi connectivity index (χ1) is 7.98. The number of carbonyl (C=O) groups is 1. The largest absolute Gasteiger partial charge is 0.325 e. The van der Waals surface area contributed by atoms with Crippen LogP contribution in [0, 0.1) is 6.92 Å². The molecule has 0 unspecified atom stereocenters. The standard InChI is InChI=1S/C12H20N4O/c1-9-7-10(15-16(9)2)14-11(17)8-12(13)5-3-4-6-12/h7H,3-6,8,13H2,1-2H3,(H,14,15,17). The molecule has 0 saturated heterocycles. The number of rotatable bonds is 3. The molecule has 1 fully saturated rings. The Morgan fingerprint density at radius 1 is 1.59 bits per heavy atom. The molecule has 1 aliphatic carbocycles. The van der Waals surface area contributed by atoms with Crippen LogP contribution in [0.1, 0.15) is 37.8 Å². The summed E-state index contributed by atoms with van der Waals surface area (Å²) in [5, 5.41) is 7.00. The van der Waals surface area contributed by atoms with Gasteiger partial charge in [-0.15, -0.1) is 0 Å². The van der Waals surface area contributed by atoms with Gasteiger partial charge in [-0.3, -0.25) is 9.48 Å². The fraction of sp³-hybridized carbons (Fsp3) is 0.667. The first kappa shape index (κ1) is 12.1. The Balaban J connectivity index is 1.93. The van der Waals surface area contributed by atoms with Crippen LogP contribution >= 0.6 is 0 Å². The SMILES string of the molecule is Cc1cc(NC(=O)CC2(N)CCCC2)nn1C. The molecule has 0 aromatic carbocycles. The molecule has 1 heterocycles.